The number of nitrogens with one attached hydrogen (secondary N) is 2. The summed E-state index contributed by atoms with van der Waals surface area (Å²) in [6.45, 7) is 0.970. The van der Waals surface area contributed by atoms with Crippen molar-refractivity contribution in [2.24, 2.45) is 4.99 Å². The summed E-state index contributed by atoms with van der Waals surface area (Å²) in [6.07, 6.45) is 0.472. The predicted octanol–water partition coefficient (Wildman–Crippen LogP) is 4.14. The van der Waals surface area contributed by atoms with Crippen LogP contribution >= 0.6 is 47.2 Å². The van der Waals surface area contributed by atoms with Crippen LogP contribution in [-0.4, -0.2) is 33.7 Å². The van der Waals surface area contributed by atoms with Crippen LogP contribution in [0, 0.1) is 0 Å². The number of guanidine groups is 1. The molecule has 148 valence electrons. The summed E-state index contributed by atoms with van der Waals surface area (Å²) in [5.74, 6) is 0.650. The molecule has 5 nitrogen and oxygen atoms in total. The van der Waals surface area contributed by atoms with Gasteiger partial charge in [0.05, 0.1) is 10.6 Å². The topological polar surface area (TPSA) is 70.6 Å². The Morgan fingerprint density at radius 2 is 1.78 bits per heavy atom. The van der Waals surface area contributed by atoms with E-state index in [1.54, 1.807) is 49.5 Å². The van der Waals surface area contributed by atoms with Crippen LogP contribution in [0.2, 0.25) is 10.0 Å². The molecule has 0 fully saturated rings. The van der Waals surface area contributed by atoms with Crippen LogP contribution in [0.5, 0.6) is 0 Å². The lowest BCUT2D eigenvalue weighted by Gasteiger charge is -2.13. The molecule has 0 bridgehead atoms. The van der Waals surface area contributed by atoms with E-state index in [0.29, 0.717) is 40.4 Å². The van der Waals surface area contributed by atoms with Crippen molar-refractivity contribution in [3.63, 3.8) is 0 Å². The number of benzene rings is 2. The molecule has 0 aromatic heterocycles. The maximum absolute atomic E-state index is 12.2. The molecular formula is C18H22Cl2IN3O2S. The third-order valence-electron chi connectivity index (χ3n) is 3.67. The van der Waals surface area contributed by atoms with Gasteiger partial charge < -0.3 is 10.6 Å². The highest BCUT2D eigenvalue weighted by molar-refractivity contribution is 14.0. The minimum Gasteiger partial charge on any atom is -0.356 e. The lowest BCUT2D eigenvalue weighted by Crippen LogP contribution is -2.37. The summed E-state index contributed by atoms with van der Waals surface area (Å²) in [4.78, 5) is 4.47. The second-order valence-electron chi connectivity index (χ2n) is 5.57. The molecule has 0 saturated heterocycles. The SMILES string of the molecule is CN=C(NCCCS(=O)(=O)c1ccccc1)NCc1ccc(Cl)cc1Cl.I. The fourth-order valence-corrected chi connectivity index (χ4v) is 4.09. The van der Waals surface area contributed by atoms with Crippen molar-refractivity contribution in [3.8, 4) is 0 Å². The first kappa shape index (κ1) is 24.0. The van der Waals surface area contributed by atoms with Crippen molar-refractivity contribution < 1.29 is 8.42 Å². The van der Waals surface area contributed by atoms with Crippen molar-refractivity contribution >= 4 is 63.0 Å². The Labute approximate surface area is 187 Å². The molecule has 2 N–H and O–H groups in total. The predicted molar refractivity (Wildman–Crippen MR) is 123 cm³/mol. The van der Waals surface area contributed by atoms with Gasteiger partial charge in [-0.3, -0.25) is 4.99 Å². The highest BCUT2D eigenvalue weighted by atomic mass is 127. The monoisotopic (exact) mass is 541 g/mol. The Balaban J connectivity index is 0.00000364. The second-order valence-corrected chi connectivity index (χ2v) is 8.53. The molecule has 0 aliphatic carbocycles. The number of aliphatic imine (C=N–C) groups is 1. The molecule has 2 rings (SSSR count). The number of nitrogens with zero attached hydrogens (tertiary/aromatic N) is 1. The van der Waals surface area contributed by atoms with Crippen LogP contribution in [0.15, 0.2) is 58.4 Å². The standard InChI is InChI=1S/C18H21Cl2N3O2S.HI/c1-21-18(23-13-14-8-9-15(19)12-17(14)20)22-10-5-11-26(24,25)16-6-3-2-4-7-16;/h2-4,6-9,12H,5,10-11,13H2,1H3,(H2,21,22,23);1H. The van der Waals surface area contributed by atoms with E-state index in [9.17, 15) is 8.42 Å². The molecule has 2 aromatic rings. The normalized spacial score (nSPS) is 11.6. The van der Waals surface area contributed by atoms with E-state index in [-0.39, 0.29) is 29.7 Å². The third kappa shape index (κ3) is 7.85. The molecule has 27 heavy (non-hydrogen) atoms. The molecule has 0 heterocycles. The van der Waals surface area contributed by atoms with Crippen LogP contribution < -0.4 is 10.6 Å². The fraction of sp³-hybridized carbons (Fsp3) is 0.278. The fourth-order valence-electron chi connectivity index (χ4n) is 2.28. The van der Waals surface area contributed by atoms with Crippen molar-refractivity contribution in [1.29, 1.82) is 0 Å². The van der Waals surface area contributed by atoms with Gasteiger partial charge in [0.15, 0.2) is 15.8 Å². The van der Waals surface area contributed by atoms with E-state index in [0.717, 1.165) is 5.56 Å². The van der Waals surface area contributed by atoms with Gasteiger partial charge in [-0.2, -0.15) is 0 Å². The van der Waals surface area contributed by atoms with Crippen molar-refractivity contribution in [2.45, 2.75) is 17.9 Å². The number of halogens is 3. The van der Waals surface area contributed by atoms with E-state index >= 15 is 0 Å². The molecular weight excluding hydrogens is 520 g/mol. The Hall–Kier alpha value is -1.03. The van der Waals surface area contributed by atoms with E-state index in [1.165, 1.54) is 0 Å². The lowest BCUT2D eigenvalue weighted by molar-refractivity contribution is 0.592. The molecule has 0 aliphatic heterocycles. The first-order chi connectivity index (χ1) is 12.4. The molecule has 0 unspecified atom stereocenters. The number of hydrogen-bond acceptors (Lipinski definition) is 3. The van der Waals surface area contributed by atoms with E-state index in [4.69, 9.17) is 23.2 Å². The average molecular weight is 542 g/mol. The molecule has 0 aliphatic rings. The van der Waals surface area contributed by atoms with E-state index < -0.39 is 9.84 Å². The van der Waals surface area contributed by atoms with Gasteiger partial charge in [-0.15, -0.1) is 24.0 Å². The third-order valence-corrected chi connectivity index (χ3v) is 6.07. The maximum atomic E-state index is 12.2. The molecule has 0 spiro atoms. The zero-order chi connectivity index (χ0) is 19.0. The lowest BCUT2D eigenvalue weighted by atomic mass is 10.2. The summed E-state index contributed by atoms with van der Waals surface area (Å²) < 4.78 is 24.4. The minimum absolute atomic E-state index is 0. The Morgan fingerprint density at radius 3 is 2.41 bits per heavy atom. The summed E-state index contributed by atoms with van der Waals surface area (Å²) >= 11 is 12.0. The summed E-state index contributed by atoms with van der Waals surface area (Å²) in [7, 11) is -1.61. The van der Waals surface area contributed by atoms with Gasteiger partial charge >= 0.3 is 0 Å². The van der Waals surface area contributed by atoms with E-state index in [1.807, 2.05) is 6.07 Å². The Bertz CT molecular complexity index is 862. The zero-order valence-corrected chi connectivity index (χ0v) is 19.4. The Kier molecular flexibility index (Phi) is 10.4. The number of hydrogen-bond donors (Lipinski definition) is 2. The van der Waals surface area contributed by atoms with Gasteiger partial charge in [-0.05, 0) is 36.2 Å². The van der Waals surface area contributed by atoms with Crippen LogP contribution in [0.1, 0.15) is 12.0 Å². The maximum Gasteiger partial charge on any atom is 0.191 e. The van der Waals surface area contributed by atoms with Gasteiger partial charge in [-0.25, -0.2) is 8.42 Å². The number of rotatable bonds is 7. The van der Waals surface area contributed by atoms with Gasteiger partial charge in [0.2, 0.25) is 0 Å². The molecule has 0 radical (unpaired) electrons. The minimum atomic E-state index is -3.26. The second kappa shape index (κ2) is 11.7. The molecule has 0 amide bonds. The largest absolute Gasteiger partial charge is 0.356 e. The van der Waals surface area contributed by atoms with Crippen LogP contribution in [0.4, 0.5) is 0 Å². The van der Waals surface area contributed by atoms with Crippen molar-refractivity contribution in [3.05, 3.63) is 64.1 Å². The average Bonchev–Trinajstić information content (AvgIpc) is 2.63. The van der Waals surface area contributed by atoms with Crippen LogP contribution in [0.3, 0.4) is 0 Å². The zero-order valence-electron chi connectivity index (χ0n) is 14.8. The molecule has 0 saturated carbocycles. The molecule has 9 heteroatoms. The summed E-state index contributed by atoms with van der Waals surface area (Å²) in [5.41, 5.74) is 0.894. The summed E-state index contributed by atoms with van der Waals surface area (Å²) in [6, 6.07) is 13.8. The van der Waals surface area contributed by atoms with Gasteiger partial charge in [-0.1, -0.05) is 47.5 Å². The van der Waals surface area contributed by atoms with Gasteiger partial charge in [0.1, 0.15) is 0 Å². The van der Waals surface area contributed by atoms with E-state index in [2.05, 4.69) is 15.6 Å². The van der Waals surface area contributed by atoms with Gasteiger partial charge in [0.25, 0.3) is 0 Å². The van der Waals surface area contributed by atoms with Crippen LogP contribution in [0.25, 0.3) is 0 Å². The summed E-state index contributed by atoms with van der Waals surface area (Å²) in [5, 5.41) is 7.40. The smallest absolute Gasteiger partial charge is 0.191 e. The first-order valence-corrected chi connectivity index (χ1v) is 10.5. The highest BCUT2D eigenvalue weighted by Gasteiger charge is 2.13. The van der Waals surface area contributed by atoms with Gasteiger partial charge in [0, 0.05) is 30.2 Å². The molecule has 2 aromatic carbocycles. The quantitative estimate of drug-likeness (QED) is 0.239. The number of sulfone groups is 1. The van der Waals surface area contributed by atoms with Crippen molar-refractivity contribution in [2.75, 3.05) is 19.3 Å². The highest BCUT2D eigenvalue weighted by Crippen LogP contribution is 2.20. The van der Waals surface area contributed by atoms with Crippen molar-refractivity contribution in [1.82, 2.24) is 10.6 Å². The first-order valence-electron chi connectivity index (χ1n) is 8.08. The Morgan fingerprint density at radius 1 is 1.07 bits per heavy atom. The molecule has 0 atom stereocenters. The van der Waals surface area contributed by atoms with Crippen LogP contribution in [-0.2, 0) is 16.4 Å².